The summed E-state index contributed by atoms with van der Waals surface area (Å²) in [5, 5.41) is 8.66. The van der Waals surface area contributed by atoms with Gasteiger partial charge < -0.3 is 10.0 Å². The van der Waals surface area contributed by atoms with E-state index in [-0.39, 0.29) is 12.5 Å². The molecule has 0 aliphatic carbocycles. The van der Waals surface area contributed by atoms with E-state index in [1.807, 2.05) is 18.9 Å². The lowest BCUT2D eigenvalue weighted by Crippen LogP contribution is -2.34. The maximum atomic E-state index is 13.1. The maximum absolute atomic E-state index is 13.1. The summed E-state index contributed by atoms with van der Waals surface area (Å²) in [5.41, 5.74) is 0.716. The van der Waals surface area contributed by atoms with Crippen molar-refractivity contribution >= 4 is 5.97 Å². The number of halogens is 2. The van der Waals surface area contributed by atoms with Crippen LogP contribution in [-0.2, 0) is 11.2 Å². The molecular formula is C14H19F2NO2. The molecule has 0 aliphatic heterocycles. The average Bonchev–Trinajstić information content (AvgIpc) is 2.37. The highest BCUT2D eigenvalue weighted by Crippen LogP contribution is 2.14. The molecule has 1 aromatic carbocycles. The zero-order valence-corrected chi connectivity index (χ0v) is 11.2. The van der Waals surface area contributed by atoms with Crippen molar-refractivity contribution in [3.63, 3.8) is 0 Å². The maximum Gasteiger partial charge on any atom is 0.304 e. The minimum absolute atomic E-state index is 0.0742. The summed E-state index contributed by atoms with van der Waals surface area (Å²) in [4.78, 5) is 12.5. The van der Waals surface area contributed by atoms with Crippen molar-refractivity contribution in [1.29, 1.82) is 0 Å². The number of rotatable bonds is 7. The molecule has 0 fully saturated rings. The predicted octanol–water partition coefficient (Wildman–Crippen LogP) is 2.69. The fraction of sp³-hybridized carbons (Fsp3) is 0.500. The lowest BCUT2D eigenvalue weighted by atomic mass is 10.0. The Morgan fingerprint density at radius 2 is 2.05 bits per heavy atom. The van der Waals surface area contributed by atoms with Gasteiger partial charge in [0.25, 0.3) is 0 Å². The molecule has 5 heteroatoms. The summed E-state index contributed by atoms with van der Waals surface area (Å²) in [6.45, 7) is 2.43. The molecule has 0 aliphatic rings. The number of likely N-dealkylation sites (N-methyl/N-ethyl adjacent to an activating group) is 1. The summed E-state index contributed by atoms with van der Waals surface area (Å²) in [5.74, 6) is -2.54. The molecule has 0 saturated carbocycles. The monoisotopic (exact) mass is 271 g/mol. The van der Waals surface area contributed by atoms with Crippen LogP contribution in [0.15, 0.2) is 18.2 Å². The van der Waals surface area contributed by atoms with Crippen LogP contribution in [0.4, 0.5) is 8.78 Å². The topological polar surface area (TPSA) is 40.5 Å². The van der Waals surface area contributed by atoms with Gasteiger partial charge in [0.05, 0.1) is 6.42 Å². The van der Waals surface area contributed by atoms with Gasteiger partial charge in [-0.25, -0.2) is 8.78 Å². The van der Waals surface area contributed by atoms with Crippen LogP contribution in [0.1, 0.15) is 25.3 Å². The fourth-order valence-electron chi connectivity index (χ4n) is 2.01. The van der Waals surface area contributed by atoms with E-state index >= 15 is 0 Å². The Hall–Kier alpha value is -1.49. The normalized spacial score (nSPS) is 12.7. The van der Waals surface area contributed by atoms with Crippen LogP contribution in [0, 0.1) is 11.6 Å². The first-order valence-corrected chi connectivity index (χ1v) is 6.30. The van der Waals surface area contributed by atoms with Crippen molar-refractivity contribution in [2.24, 2.45) is 0 Å². The van der Waals surface area contributed by atoms with Gasteiger partial charge in [0, 0.05) is 12.6 Å². The molecule has 3 nitrogen and oxygen atoms in total. The van der Waals surface area contributed by atoms with E-state index in [1.54, 1.807) is 6.07 Å². The Morgan fingerprint density at radius 3 is 2.58 bits per heavy atom. The molecule has 19 heavy (non-hydrogen) atoms. The van der Waals surface area contributed by atoms with Gasteiger partial charge in [-0.3, -0.25) is 4.79 Å². The molecule has 106 valence electrons. The number of benzene rings is 1. The van der Waals surface area contributed by atoms with Crippen LogP contribution in [0.25, 0.3) is 0 Å². The first-order chi connectivity index (χ1) is 8.93. The number of carboxylic acids is 1. The summed E-state index contributed by atoms with van der Waals surface area (Å²) >= 11 is 0. The van der Waals surface area contributed by atoms with Crippen LogP contribution >= 0.6 is 0 Å². The van der Waals surface area contributed by atoms with E-state index in [9.17, 15) is 13.6 Å². The molecular weight excluding hydrogens is 252 g/mol. The Morgan fingerprint density at radius 1 is 1.37 bits per heavy atom. The summed E-state index contributed by atoms with van der Waals surface area (Å²) in [6, 6.07) is 3.99. The van der Waals surface area contributed by atoms with E-state index in [1.165, 1.54) is 6.07 Å². The lowest BCUT2D eigenvalue weighted by Gasteiger charge is -2.26. The minimum atomic E-state index is -0.851. The third kappa shape index (κ3) is 4.95. The molecule has 0 aromatic heterocycles. The van der Waals surface area contributed by atoms with Crippen molar-refractivity contribution in [1.82, 2.24) is 4.90 Å². The highest BCUT2D eigenvalue weighted by atomic mass is 19.2. The SMILES string of the molecule is CCC(Cc1ccc(F)c(F)c1)N(C)CCC(=O)O. The fourth-order valence-corrected chi connectivity index (χ4v) is 2.01. The Bertz CT molecular complexity index is 437. The highest BCUT2D eigenvalue weighted by Gasteiger charge is 2.15. The van der Waals surface area contributed by atoms with Gasteiger partial charge in [-0.15, -0.1) is 0 Å². The van der Waals surface area contributed by atoms with Crippen LogP contribution in [0.2, 0.25) is 0 Å². The van der Waals surface area contributed by atoms with Gasteiger partial charge in [0.2, 0.25) is 0 Å². The van der Waals surface area contributed by atoms with Crippen LogP contribution in [0.3, 0.4) is 0 Å². The number of aliphatic carboxylic acids is 1. The Labute approximate surface area is 111 Å². The second-order valence-corrected chi connectivity index (χ2v) is 4.64. The molecule has 1 atom stereocenters. The lowest BCUT2D eigenvalue weighted by molar-refractivity contribution is -0.137. The standard InChI is InChI=1S/C14H19F2NO2/c1-3-11(17(2)7-6-14(18)19)8-10-4-5-12(15)13(16)9-10/h4-5,9,11H,3,6-8H2,1-2H3,(H,18,19). The van der Waals surface area contributed by atoms with Crippen molar-refractivity contribution < 1.29 is 18.7 Å². The number of carboxylic acid groups (broad SMARTS) is 1. The minimum Gasteiger partial charge on any atom is -0.481 e. The first kappa shape index (κ1) is 15.6. The zero-order valence-electron chi connectivity index (χ0n) is 11.2. The zero-order chi connectivity index (χ0) is 14.4. The molecule has 1 aromatic rings. The molecule has 0 saturated heterocycles. The number of carbonyl (C=O) groups is 1. The average molecular weight is 271 g/mol. The third-order valence-corrected chi connectivity index (χ3v) is 3.23. The largest absolute Gasteiger partial charge is 0.481 e. The molecule has 0 spiro atoms. The summed E-state index contributed by atoms with van der Waals surface area (Å²) < 4.78 is 26.0. The molecule has 1 N–H and O–H groups in total. The van der Waals surface area contributed by atoms with Gasteiger partial charge in [0.15, 0.2) is 11.6 Å². The van der Waals surface area contributed by atoms with Crippen molar-refractivity contribution in [2.45, 2.75) is 32.2 Å². The van der Waals surface area contributed by atoms with Crippen molar-refractivity contribution in [3.05, 3.63) is 35.4 Å². The van der Waals surface area contributed by atoms with E-state index in [2.05, 4.69) is 0 Å². The van der Waals surface area contributed by atoms with E-state index in [0.717, 1.165) is 12.5 Å². The highest BCUT2D eigenvalue weighted by molar-refractivity contribution is 5.66. The molecule has 0 radical (unpaired) electrons. The van der Waals surface area contributed by atoms with Crippen LogP contribution in [0.5, 0.6) is 0 Å². The smallest absolute Gasteiger partial charge is 0.304 e. The summed E-state index contributed by atoms with van der Waals surface area (Å²) in [7, 11) is 1.84. The number of hydrogen-bond donors (Lipinski definition) is 1. The number of nitrogens with zero attached hydrogens (tertiary/aromatic N) is 1. The Balaban J connectivity index is 2.64. The van der Waals surface area contributed by atoms with E-state index < -0.39 is 17.6 Å². The third-order valence-electron chi connectivity index (χ3n) is 3.23. The molecule has 0 amide bonds. The van der Waals surface area contributed by atoms with Gasteiger partial charge in [-0.1, -0.05) is 13.0 Å². The molecule has 0 heterocycles. The van der Waals surface area contributed by atoms with Crippen molar-refractivity contribution in [3.8, 4) is 0 Å². The predicted molar refractivity (Wildman–Crippen MR) is 69.0 cm³/mol. The molecule has 0 bridgehead atoms. The van der Waals surface area contributed by atoms with Crippen LogP contribution < -0.4 is 0 Å². The van der Waals surface area contributed by atoms with Gasteiger partial charge >= 0.3 is 5.97 Å². The second-order valence-electron chi connectivity index (χ2n) is 4.64. The van der Waals surface area contributed by atoms with E-state index in [0.29, 0.717) is 18.5 Å². The van der Waals surface area contributed by atoms with Gasteiger partial charge in [-0.05, 0) is 37.6 Å². The number of hydrogen-bond acceptors (Lipinski definition) is 2. The van der Waals surface area contributed by atoms with E-state index in [4.69, 9.17) is 5.11 Å². The molecule has 1 unspecified atom stereocenters. The quantitative estimate of drug-likeness (QED) is 0.829. The van der Waals surface area contributed by atoms with Gasteiger partial charge in [0.1, 0.15) is 0 Å². The molecule has 1 rings (SSSR count). The van der Waals surface area contributed by atoms with Gasteiger partial charge in [-0.2, -0.15) is 0 Å². The van der Waals surface area contributed by atoms with Crippen molar-refractivity contribution in [2.75, 3.05) is 13.6 Å². The Kier molecular flexibility index (Phi) is 5.89. The second kappa shape index (κ2) is 7.19. The summed E-state index contributed by atoms with van der Waals surface area (Å²) in [6.07, 6.45) is 1.46. The first-order valence-electron chi connectivity index (χ1n) is 6.30. The van der Waals surface area contributed by atoms with Crippen LogP contribution in [-0.4, -0.2) is 35.6 Å².